The normalized spacial score (nSPS) is 11.7. The van der Waals surface area contributed by atoms with Crippen molar-refractivity contribution >= 4 is 17.1 Å². The van der Waals surface area contributed by atoms with E-state index in [2.05, 4.69) is 25.0 Å². The van der Waals surface area contributed by atoms with Crippen LogP contribution in [0.5, 0.6) is 5.75 Å². The minimum Gasteiger partial charge on any atom is -0.494 e. The van der Waals surface area contributed by atoms with E-state index in [4.69, 9.17) is 14.1 Å². The third kappa shape index (κ3) is 3.96. The maximum absolute atomic E-state index is 13.4. The average molecular weight is 430 g/mol. The first-order valence-corrected chi connectivity index (χ1v) is 10.8. The summed E-state index contributed by atoms with van der Waals surface area (Å²) in [6, 6.07) is 13.3. The van der Waals surface area contributed by atoms with Crippen LogP contribution in [-0.4, -0.2) is 22.5 Å². The van der Waals surface area contributed by atoms with E-state index in [0.717, 1.165) is 28.0 Å². The van der Waals surface area contributed by atoms with Crippen LogP contribution in [0.1, 0.15) is 49.1 Å². The first kappa shape index (κ1) is 21.6. The van der Waals surface area contributed by atoms with Gasteiger partial charge in [0.25, 0.3) is 5.56 Å². The van der Waals surface area contributed by atoms with Crippen molar-refractivity contribution in [3.05, 3.63) is 81.5 Å². The number of fused-ring (bicyclic) bond motifs is 1. The quantitative estimate of drug-likeness (QED) is 0.370. The Morgan fingerprint density at radius 1 is 1.16 bits per heavy atom. The third-order valence-corrected chi connectivity index (χ3v) is 5.47. The summed E-state index contributed by atoms with van der Waals surface area (Å²) in [6.45, 7) is 10.7. The molecule has 0 aliphatic heterocycles. The van der Waals surface area contributed by atoms with E-state index in [1.807, 2.05) is 51.1 Å². The number of furan rings is 1. The van der Waals surface area contributed by atoms with Crippen LogP contribution in [0, 0.1) is 13.8 Å². The van der Waals surface area contributed by atoms with Gasteiger partial charge in [0.15, 0.2) is 5.82 Å². The van der Waals surface area contributed by atoms with E-state index in [9.17, 15) is 4.79 Å². The predicted octanol–water partition coefficient (Wildman–Crippen LogP) is 5.68. The molecule has 0 saturated carbocycles. The Hall–Kier alpha value is -3.67. The molecular weight excluding hydrogens is 402 g/mol. The Kier molecular flexibility index (Phi) is 5.95. The second-order valence-electron chi connectivity index (χ2n) is 8.07. The zero-order valence-electron chi connectivity index (χ0n) is 19.0. The van der Waals surface area contributed by atoms with Crippen molar-refractivity contribution in [1.82, 2.24) is 9.66 Å². The number of hydrogen-bond donors (Lipinski definition) is 0. The van der Waals surface area contributed by atoms with Crippen LogP contribution in [0.4, 0.5) is 0 Å². The van der Waals surface area contributed by atoms with Gasteiger partial charge in [-0.05, 0) is 73.7 Å². The number of benzene rings is 2. The van der Waals surface area contributed by atoms with Crippen LogP contribution in [0.3, 0.4) is 0 Å². The van der Waals surface area contributed by atoms with Crippen molar-refractivity contribution in [1.29, 1.82) is 0 Å². The average Bonchev–Trinajstić information content (AvgIpc) is 3.18. The molecule has 0 amide bonds. The van der Waals surface area contributed by atoms with Crippen molar-refractivity contribution in [2.24, 2.45) is 5.10 Å². The van der Waals surface area contributed by atoms with Crippen molar-refractivity contribution in [2.45, 2.75) is 40.5 Å². The minimum absolute atomic E-state index is 0.231. The molecule has 0 unspecified atom stereocenters. The predicted molar refractivity (Wildman–Crippen MR) is 128 cm³/mol. The lowest BCUT2D eigenvalue weighted by atomic mass is 9.96. The molecule has 2 aromatic heterocycles. The number of ether oxygens (including phenoxy) is 1. The molecule has 0 aliphatic rings. The molecule has 6 heteroatoms. The van der Waals surface area contributed by atoms with Gasteiger partial charge in [-0.1, -0.05) is 26.0 Å². The number of nitrogens with zero attached hydrogens (tertiary/aromatic N) is 3. The third-order valence-electron chi connectivity index (χ3n) is 5.47. The molecule has 0 aliphatic carbocycles. The van der Waals surface area contributed by atoms with Crippen LogP contribution in [0.15, 0.2) is 63.0 Å². The van der Waals surface area contributed by atoms with Gasteiger partial charge < -0.3 is 9.15 Å². The van der Waals surface area contributed by atoms with Gasteiger partial charge in [-0.2, -0.15) is 9.78 Å². The summed E-state index contributed by atoms with van der Waals surface area (Å²) in [4.78, 5) is 18.3. The molecular formula is C26H27N3O3. The Morgan fingerprint density at radius 3 is 2.62 bits per heavy atom. The van der Waals surface area contributed by atoms with Crippen LogP contribution in [-0.2, 0) is 0 Å². The van der Waals surface area contributed by atoms with Crippen molar-refractivity contribution < 1.29 is 9.15 Å². The summed E-state index contributed by atoms with van der Waals surface area (Å²) in [5, 5.41) is 5.01. The summed E-state index contributed by atoms with van der Waals surface area (Å²) < 4.78 is 12.7. The highest BCUT2D eigenvalue weighted by Crippen LogP contribution is 2.34. The van der Waals surface area contributed by atoms with E-state index in [1.54, 1.807) is 18.5 Å². The maximum Gasteiger partial charge on any atom is 0.282 e. The van der Waals surface area contributed by atoms with E-state index < -0.39 is 0 Å². The first-order chi connectivity index (χ1) is 15.4. The summed E-state index contributed by atoms with van der Waals surface area (Å²) in [7, 11) is 0. The number of rotatable bonds is 6. The summed E-state index contributed by atoms with van der Waals surface area (Å²) in [5.74, 6) is 2.18. The van der Waals surface area contributed by atoms with Gasteiger partial charge in [0.2, 0.25) is 0 Å². The Morgan fingerprint density at radius 2 is 1.94 bits per heavy atom. The standard InChI is InChI=1S/C26H27N3O3/c1-6-31-23-13-18(5)21(14-20(23)16(2)3)25-28-22-10-8-7-9-19(22)26(30)29(25)27-15-24-17(4)11-12-32-24/h7-16H,6H2,1-5H3. The second kappa shape index (κ2) is 8.83. The lowest BCUT2D eigenvalue weighted by molar-refractivity contribution is 0.335. The molecule has 0 bridgehead atoms. The van der Waals surface area contributed by atoms with Gasteiger partial charge in [0.1, 0.15) is 11.5 Å². The van der Waals surface area contributed by atoms with E-state index in [-0.39, 0.29) is 11.5 Å². The van der Waals surface area contributed by atoms with Crippen molar-refractivity contribution in [3.8, 4) is 17.1 Å². The molecule has 0 radical (unpaired) electrons. The zero-order valence-corrected chi connectivity index (χ0v) is 19.0. The Balaban J connectivity index is 2.00. The smallest absolute Gasteiger partial charge is 0.282 e. The largest absolute Gasteiger partial charge is 0.494 e. The molecule has 32 heavy (non-hydrogen) atoms. The number of aromatic nitrogens is 2. The molecule has 0 atom stereocenters. The number of hydrogen-bond acceptors (Lipinski definition) is 5. The van der Waals surface area contributed by atoms with Crippen LogP contribution in [0.25, 0.3) is 22.3 Å². The fourth-order valence-corrected chi connectivity index (χ4v) is 3.70. The number of aryl methyl sites for hydroxylation is 2. The lowest BCUT2D eigenvalue weighted by Crippen LogP contribution is -2.21. The second-order valence-corrected chi connectivity index (χ2v) is 8.07. The minimum atomic E-state index is -0.231. The molecule has 4 aromatic rings. The summed E-state index contributed by atoms with van der Waals surface area (Å²) in [5.41, 5.74) is 4.20. The molecule has 164 valence electrons. The molecule has 2 aromatic carbocycles. The van der Waals surface area contributed by atoms with E-state index in [1.165, 1.54) is 4.68 Å². The van der Waals surface area contributed by atoms with E-state index >= 15 is 0 Å². The van der Waals surface area contributed by atoms with Gasteiger partial charge in [0, 0.05) is 5.56 Å². The number of para-hydroxylation sites is 1. The summed E-state index contributed by atoms with van der Waals surface area (Å²) in [6.07, 6.45) is 3.16. The van der Waals surface area contributed by atoms with Gasteiger partial charge in [-0.15, -0.1) is 0 Å². The highest BCUT2D eigenvalue weighted by atomic mass is 16.5. The van der Waals surface area contributed by atoms with Crippen LogP contribution in [0.2, 0.25) is 0 Å². The molecule has 2 heterocycles. The topological polar surface area (TPSA) is 69.6 Å². The fourth-order valence-electron chi connectivity index (χ4n) is 3.70. The van der Waals surface area contributed by atoms with Crippen molar-refractivity contribution in [3.63, 3.8) is 0 Å². The van der Waals surface area contributed by atoms with E-state index in [0.29, 0.717) is 29.1 Å². The van der Waals surface area contributed by atoms with Gasteiger partial charge in [-0.25, -0.2) is 4.98 Å². The summed E-state index contributed by atoms with van der Waals surface area (Å²) >= 11 is 0. The van der Waals surface area contributed by atoms with Crippen LogP contribution >= 0.6 is 0 Å². The molecule has 0 N–H and O–H groups in total. The Labute approximate surface area is 187 Å². The molecule has 0 saturated heterocycles. The van der Waals surface area contributed by atoms with Gasteiger partial charge >= 0.3 is 0 Å². The van der Waals surface area contributed by atoms with Gasteiger partial charge in [0.05, 0.1) is 30.0 Å². The van der Waals surface area contributed by atoms with Crippen LogP contribution < -0.4 is 10.3 Å². The highest BCUT2D eigenvalue weighted by Gasteiger charge is 2.18. The lowest BCUT2D eigenvalue weighted by Gasteiger charge is -2.18. The molecule has 6 nitrogen and oxygen atoms in total. The zero-order chi connectivity index (χ0) is 22.8. The van der Waals surface area contributed by atoms with Crippen molar-refractivity contribution in [2.75, 3.05) is 6.61 Å². The molecule has 4 rings (SSSR count). The SMILES string of the molecule is CCOc1cc(C)c(-c2nc3ccccc3c(=O)n2N=Cc2occc2C)cc1C(C)C. The molecule has 0 fully saturated rings. The Bertz CT molecular complexity index is 1360. The first-order valence-electron chi connectivity index (χ1n) is 10.8. The maximum atomic E-state index is 13.4. The fraction of sp³-hybridized carbons (Fsp3) is 0.269. The molecule has 0 spiro atoms. The highest BCUT2D eigenvalue weighted by molar-refractivity contribution is 5.82. The monoisotopic (exact) mass is 429 g/mol. The van der Waals surface area contributed by atoms with Gasteiger partial charge in [-0.3, -0.25) is 4.79 Å².